The van der Waals surface area contributed by atoms with E-state index in [0.717, 1.165) is 18.2 Å². The lowest BCUT2D eigenvalue weighted by atomic mass is 10.3. The normalized spacial score (nSPS) is 11.4. The predicted octanol–water partition coefficient (Wildman–Crippen LogP) is 3.02. The topological polar surface area (TPSA) is 77.3 Å². The first kappa shape index (κ1) is 14.3. The van der Waals surface area contributed by atoms with E-state index in [9.17, 15) is 18.5 Å². The van der Waals surface area contributed by atoms with Gasteiger partial charge in [0.1, 0.15) is 0 Å². The van der Waals surface area contributed by atoms with Crippen LogP contribution in [0.5, 0.6) is 0 Å². The standard InChI is InChI=1S/C9H10ClNO4S2/c1-2-5-16-7-3-4-8(11(12)13)9(6-7)17(10,14)15/h3-4,6H,2,5H2,1H3. The molecule has 8 heteroatoms. The largest absolute Gasteiger partial charge is 0.289 e. The van der Waals surface area contributed by atoms with Gasteiger partial charge in [0.25, 0.3) is 14.7 Å². The lowest BCUT2D eigenvalue weighted by molar-refractivity contribution is -0.387. The molecule has 0 amide bonds. The van der Waals surface area contributed by atoms with Gasteiger partial charge in [0.2, 0.25) is 0 Å². The van der Waals surface area contributed by atoms with Crippen molar-refractivity contribution in [3.05, 3.63) is 28.3 Å². The number of hydrogen-bond acceptors (Lipinski definition) is 5. The molecule has 1 rings (SSSR count). The monoisotopic (exact) mass is 295 g/mol. The summed E-state index contributed by atoms with van der Waals surface area (Å²) in [6.45, 7) is 1.98. The van der Waals surface area contributed by atoms with Crippen LogP contribution in [0.2, 0.25) is 0 Å². The Morgan fingerprint density at radius 3 is 2.59 bits per heavy atom. The molecule has 0 bridgehead atoms. The Balaban J connectivity index is 3.25. The molecule has 17 heavy (non-hydrogen) atoms. The number of hydrogen-bond donors (Lipinski definition) is 0. The second kappa shape index (κ2) is 5.70. The number of nitro benzene ring substituents is 1. The molecule has 0 aliphatic carbocycles. The van der Waals surface area contributed by atoms with Crippen LogP contribution in [0.3, 0.4) is 0 Å². The van der Waals surface area contributed by atoms with E-state index < -0.39 is 24.6 Å². The van der Waals surface area contributed by atoms with Gasteiger partial charge in [-0.25, -0.2) is 8.42 Å². The summed E-state index contributed by atoms with van der Waals surface area (Å²) in [6.07, 6.45) is 0.921. The van der Waals surface area contributed by atoms with Gasteiger partial charge in [-0.2, -0.15) is 0 Å². The van der Waals surface area contributed by atoms with E-state index in [2.05, 4.69) is 0 Å². The number of rotatable bonds is 5. The molecule has 5 nitrogen and oxygen atoms in total. The molecule has 0 spiro atoms. The maximum atomic E-state index is 11.2. The molecule has 0 unspecified atom stereocenters. The molecule has 0 fully saturated rings. The molecule has 1 aromatic rings. The average Bonchev–Trinajstić information content (AvgIpc) is 2.24. The van der Waals surface area contributed by atoms with E-state index in [1.54, 1.807) is 0 Å². The summed E-state index contributed by atoms with van der Waals surface area (Å²) >= 11 is 1.43. The van der Waals surface area contributed by atoms with Gasteiger partial charge < -0.3 is 0 Å². The van der Waals surface area contributed by atoms with Crippen molar-refractivity contribution >= 4 is 37.2 Å². The molecular weight excluding hydrogens is 286 g/mol. The maximum absolute atomic E-state index is 11.2. The van der Waals surface area contributed by atoms with E-state index in [1.807, 2.05) is 6.92 Å². The highest BCUT2D eigenvalue weighted by Crippen LogP contribution is 2.31. The Morgan fingerprint density at radius 2 is 2.12 bits per heavy atom. The van der Waals surface area contributed by atoms with Crippen molar-refractivity contribution in [2.45, 2.75) is 23.1 Å². The molecule has 0 aliphatic rings. The minimum Gasteiger partial charge on any atom is -0.258 e. The van der Waals surface area contributed by atoms with E-state index in [-0.39, 0.29) is 0 Å². The predicted molar refractivity (Wildman–Crippen MR) is 67.2 cm³/mol. The fraction of sp³-hybridized carbons (Fsp3) is 0.333. The number of benzene rings is 1. The molecule has 0 aliphatic heterocycles. The van der Waals surface area contributed by atoms with Crippen LogP contribution in [0.25, 0.3) is 0 Å². The van der Waals surface area contributed by atoms with Gasteiger partial charge in [-0.05, 0) is 24.3 Å². The van der Waals surface area contributed by atoms with Crippen LogP contribution in [0.4, 0.5) is 5.69 Å². The lowest BCUT2D eigenvalue weighted by Crippen LogP contribution is -1.99. The second-order valence-corrected chi connectivity index (χ2v) is 6.88. The number of halogens is 1. The van der Waals surface area contributed by atoms with Crippen molar-refractivity contribution in [1.29, 1.82) is 0 Å². The van der Waals surface area contributed by atoms with Crippen LogP contribution < -0.4 is 0 Å². The second-order valence-electron chi connectivity index (χ2n) is 3.17. The molecule has 0 N–H and O–H groups in total. The van der Waals surface area contributed by atoms with Crippen molar-refractivity contribution in [3.8, 4) is 0 Å². The Hall–Kier alpha value is -0.790. The van der Waals surface area contributed by atoms with Gasteiger partial charge in [-0.3, -0.25) is 10.1 Å². The Kier molecular flexibility index (Phi) is 4.79. The van der Waals surface area contributed by atoms with Gasteiger partial charge in [-0.1, -0.05) is 6.92 Å². The van der Waals surface area contributed by atoms with Crippen LogP contribution in [0, 0.1) is 10.1 Å². The summed E-state index contributed by atoms with van der Waals surface area (Å²) < 4.78 is 22.5. The minimum absolute atomic E-state index is 0.453. The van der Waals surface area contributed by atoms with Crippen molar-refractivity contribution in [1.82, 2.24) is 0 Å². The van der Waals surface area contributed by atoms with Gasteiger partial charge in [0.15, 0.2) is 4.90 Å². The summed E-state index contributed by atoms with van der Waals surface area (Å²) in [6, 6.07) is 3.91. The van der Waals surface area contributed by atoms with Crippen molar-refractivity contribution in [2.75, 3.05) is 5.75 Å². The maximum Gasteiger partial charge on any atom is 0.289 e. The van der Waals surface area contributed by atoms with E-state index in [4.69, 9.17) is 10.7 Å². The average molecular weight is 296 g/mol. The van der Waals surface area contributed by atoms with Gasteiger partial charge in [0, 0.05) is 21.6 Å². The van der Waals surface area contributed by atoms with Crippen LogP contribution in [0.1, 0.15) is 13.3 Å². The minimum atomic E-state index is -4.11. The number of nitro groups is 1. The van der Waals surface area contributed by atoms with Crippen LogP contribution in [-0.4, -0.2) is 19.1 Å². The van der Waals surface area contributed by atoms with E-state index >= 15 is 0 Å². The van der Waals surface area contributed by atoms with Crippen molar-refractivity contribution in [2.24, 2.45) is 0 Å². The summed E-state index contributed by atoms with van der Waals surface area (Å²) in [5.41, 5.74) is -0.499. The van der Waals surface area contributed by atoms with Gasteiger partial charge in [0.05, 0.1) is 4.92 Å². The SMILES string of the molecule is CCCSc1ccc([N+](=O)[O-])c(S(=O)(=O)Cl)c1. The Morgan fingerprint density at radius 1 is 1.47 bits per heavy atom. The molecule has 0 heterocycles. The zero-order valence-corrected chi connectivity index (χ0v) is 11.3. The summed E-state index contributed by atoms with van der Waals surface area (Å²) in [7, 11) is 1.06. The molecular formula is C9H10ClNO4S2. The third kappa shape index (κ3) is 3.86. The Labute approximate surface area is 108 Å². The van der Waals surface area contributed by atoms with Crippen LogP contribution in [-0.2, 0) is 9.05 Å². The van der Waals surface area contributed by atoms with Crippen molar-refractivity contribution < 1.29 is 13.3 Å². The summed E-state index contributed by atoms with van der Waals surface area (Å²) in [5.74, 6) is 0.805. The molecule has 0 saturated carbocycles. The molecule has 0 aromatic heterocycles. The lowest BCUT2D eigenvalue weighted by Gasteiger charge is -2.03. The first-order valence-corrected chi connectivity index (χ1v) is 8.01. The molecule has 0 saturated heterocycles. The first-order valence-electron chi connectivity index (χ1n) is 4.72. The third-order valence-corrected chi connectivity index (χ3v) is 4.41. The molecule has 0 radical (unpaired) electrons. The van der Waals surface area contributed by atoms with Gasteiger partial charge >= 0.3 is 0 Å². The number of thioether (sulfide) groups is 1. The van der Waals surface area contributed by atoms with E-state index in [0.29, 0.717) is 4.90 Å². The Bertz CT molecular complexity index is 530. The molecule has 0 atom stereocenters. The smallest absolute Gasteiger partial charge is 0.258 e. The van der Waals surface area contributed by atoms with Crippen LogP contribution >= 0.6 is 22.4 Å². The zero-order chi connectivity index (χ0) is 13.1. The van der Waals surface area contributed by atoms with E-state index in [1.165, 1.54) is 23.9 Å². The quantitative estimate of drug-likeness (QED) is 0.361. The number of nitrogens with zero attached hydrogens (tertiary/aromatic N) is 1. The zero-order valence-electron chi connectivity index (χ0n) is 8.92. The fourth-order valence-electron chi connectivity index (χ4n) is 1.15. The highest BCUT2D eigenvalue weighted by atomic mass is 35.7. The highest BCUT2D eigenvalue weighted by molar-refractivity contribution is 8.13. The molecule has 94 valence electrons. The first-order chi connectivity index (χ1) is 7.86. The third-order valence-electron chi connectivity index (χ3n) is 1.86. The summed E-state index contributed by atoms with van der Waals surface area (Å²) in [4.78, 5) is 10.1. The van der Waals surface area contributed by atoms with Crippen molar-refractivity contribution in [3.63, 3.8) is 0 Å². The summed E-state index contributed by atoms with van der Waals surface area (Å²) in [5, 5.41) is 10.7. The van der Waals surface area contributed by atoms with Crippen LogP contribution in [0.15, 0.2) is 28.0 Å². The highest BCUT2D eigenvalue weighted by Gasteiger charge is 2.24. The molecule has 1 aromatic carbocycles. The van der Waals surface area contributed by atoms with Gasteiger partial charge in [-0.15, -0.1) is 11.8 Å². The fourth-order valence-corrected chi connectivity index (χ4v) is 3.06.